The molecule has 94 valence electrons. The highest BCUT2D eigenvalue weighted by atomic mass is 35.5. The van der Waals surface area contributed by atoms with Gasteiger partial charge < -0.3 is 11.1 Å². The summed E-state index contributed by atoms with van der Waals surface area (Å²) in [6.45, 7) is 4.05. The van der Waals surface area contributed by atoms with Gasteiger partial charge in [-0.25, -0.2) is 4.98 Å². The van der Waals surface area contributed by atoms with Crippen LogP contribution in [0.2, 0.25) is 5.02 Å². The van der Waals surface area contributed by atoms with Gasteiger partial charge >= 0.3 is 0 Å². The molecule has 0 aliphatic heterocycles. The summed E-state index contributed by atoms with van der Waals surface area (Å²) < 4.78 is 0. The lowest BCUT2D eigenvalue weighted by atomic mass is 10.2. The van der Waals surface area contributed by atoms with E-state index in [4.69, 9.17) is 17.3 Å². The topological polar surface area (TPSA) is 50.9 Å². The van der Waals surface area contributed by atoms with Gasteiger partial charge in [0, 0.05) is 5.69 Å². The summed E-state index contributed by atoms with van der Waals surface area (Å²) in [6, 6.07) is 9.69. The van der Waals surface area contributed by atoms with Crippen molar-refractivity contribution in [3.05, 3.63) is 46.6 Å². The fourth-order valence-corrected chi connectivity index (χ4v) is 1.93. The van der Waals surface area contributed by atoms with Gasteiger partial charge in [0.25, 0.3) is 0 Å². The molecule has 3 N–H and O–H groups in total. The Morgan fingerprint density at radius 2 is 2.11 bits per heavy atom. The Labute approximate surface area is 112 Å². The summed E-state index contributed by atoms with van der Waals surface area (Å²) in [5, 5.41) is 3.74. The number of hydrogen-bond acceptors (Lipinski definition) is 3. The molecular weight excluding hydrogens is 246 g/mol. The zero-order chi connectivity index (χ0) is 13.1. The van der Waals surface area contributed by atoms with Crippen molar-refractivity contribution >= 4 is 28.8 Å². The molecule has 18 heavy (non-hydrogen) atoms. The quantitative estimate of drug-likeness (QED) is 0.823. The maximum absolute atomic E-state index is 6.17. The van der Waals surface area contributed by atoms with Gasteiger partial charge in [0.05, 0.1) is 16.4 Å². The van der Waals surface area contributed by atoms with E-state index in [9.17, 15) is 0 Å². The number of pyridine rings is 1. The minimum atomic E-state index is 0.532. The van der Waals surface area contributed by atoms with Gasteiger partial charge in [0.1, 0.15) is 5.82 Å². The second kappa shape index (κ2) is 5.27. The third-order valence-electron chi connectivity index (χ3n) is 2.68. The molecule has 0 saturated heterocycles. The number of benzene rings is 1. The Morgan fingerprint density at radius 3 is 2.83 bits per heavy atom. The number of aryl methyl sites for hydroxylation is 2. The van der Waals surface area contributed by atoms with Crippen LogP contribution >= 0.6 is 11.6 Å². The van der Waals surface area contributed by atoms with Crippen LogP contribution in [-0.2, 0) is 6.42 Å². The van der Waals surface area contributed by atoms with Gasteiger partial charge in [-0.05, 0) is 43.2 Å². The lowest BCUT2D eigenvalue weighted by Crippen LogP contribution is -1.99. The largest absolute Gasteiger partial charge is 0.397 e. The van der Waals surface area contributed by atoms with E-state index >= 15 is 0 Å². The van der Waals surface area contributed by atoms with E-state index in [1.54, 1.807) is 0 Å². The second-order valence-corrected chi connectivity index (χ2v) is 4.59. The number of aromatic nitrogens is 1. The molecule has 2 aromatic rings. The van der Waals surface area contributed by atoms with Crippen LogP contribution < -0.4 is 11.1 Å². The first kappa shape index (κ1) is 12.7. The maximum atomic E-state index is 6.17. The van der Waals surface area contributed by atoms with Gasteiger partial charge in [-0.1, -0.05) is 24.6 Å². The Bertz CT molecular complexity index is 567. The second-order valence-electron chi connectivity index (χ2n) is 4.21. The molecule has 1 heterocycles. The van der Waals surface area contributed by atoms with E-state index in [-0.39, 0.29) is 0 Å². The van der Waals surface area contributed by atoms with Gasteiger partial charge in [-0.15, -0.1) is 0 Å². The number of nitrogens with zero attached hydrogens (tertiary/aromatic N) is 1. The molecule has 3 nitrogen and oxygen atoms in total. The fourth-order valence-electron chi connectivity index (χ4n) is 1.77. The van der Waals surface area contributed by atoms with Crippen LogP contribution in [0.3, 0.4) is 0 Å². The molecular formula is C14H16ClN3. The number of nitrogens with one attached hydrogen (secondary N) is 1. The van der Waals surface area contributed by atoms with Crippen molar-refractivity contribution < 1.29 is 0 Å². The van der Waals surface area contributed by atoms with Crippen LogP contribution in [0.5, 0.6) is 0 Å². The maximum Gasteiger partial charge on any atom is 0.130 e. The van der Waals surface area contributed by atoms with Gasteiger partial charge in [-0.3, -0.25) is 0 Å². The van der Waals surface area contributed by atoms with Crippen LogP contribution in [0, 0.1) is 6.92 Å². The van der Waals surface area contributed by atoms with E-state index in [0.717, 1.165) is 29.2 Å². The average molecular weight is 262 g/mol. The molecule has 0 aliphatic carbocycles. The Kier molecular flexibility index (Phi) is 3.72. The Hall–Kier alpha value is -1.74. The zero-order valence-electron chi connectivity index (χ0n) is 10.5. The van der Waals surface area contributed by atoms with E-state index in [2.05, 4.69) is 17.2 Å². The highest BCUT2D eigenvalue weighted by Crippen LogP contribution is 2.31. The Morgan fingerprint density at radius 1 is 1.33 bits per heavy atom. The molecule has 0 radical (unpaired) electrons. The molecule has 1 aromatic heterocycles. The number of rotatable bonds is 3. The lowest BCUT2D eigenvalue weighted by Gasteiger charge is -2.11. The van der Waals surface area contributed by atoms with Crippen molar-refractivity contribution in [3.8, 4) is 0 Å². The minimum Gasteiger partial charge on any atom is -0.397 e. The average Bonchev–Trinajstić information content (AvgIpc) is 2.35. The third kappa shape index (κ3) is 2.74. The standard InChI is InChI=1S/C14H16ClN3/c1-3-10-5-4-6-13(17-10)18-12-8-9(2)7-11(16)14(12)15/h4-8H,3,16H2,1-2H3,(H,17,18). The molecule has 0 unspecified atom stereocenters. The molecule has 0 fully saturated rings. The molecule has 0 aliphatic rings. The van der Waals surface area contributed by atoms with Crippen molar-refractivity contribution in [1.82, 2.24) is 4.98 Å². The summed E-state index contributed by atoms with van der Waals surface area (Å²) in [5.74, 6) is 0.779. The van der Waals surface area contributed by atoms with E-state index < -0.39 is 0 Å². The zero-order valence-corrected chi connectivity index (χ0v) is 11.3. The highest BCUT2D eigenvalue weighted by Gasteiger charge is 2.06. The minimum absolute atomic E-state index is 0.532. The Balaban J connectivity index is 2.33. The summed E-state index contributed by atoms with van der Waals surface area (Å²) in [4.78, 5) is 4.48. The van der Waals surface area contributed by atoms with E-state index in [1.807, 2.05) is 37.3 Å². The summed E-state index contributed by atoms with van der Waals surface area (Å²) >= 11 is 6.17. The molecule has 1 aromatic carbocycles. The van der Waals surface area contributed by atoms with Crippen molar-refractivity contribution in [2.24, 2.45) is 0 Å². The number of nitrogen functional groups attached to an aromatic ring is 1. The monoisotopic (exact) mass is 261 g/mol. The normalized spacial score (nSPS) is 10.4. The fraction of sp³-hybridized carbons (Fsp3) is 0.214. The first-order chi connectivity index (χ1) is 8.60. The predicted octanol–water partition coefficient (Wildman–Crippen LogP) is 3.93. The van der Waals surface area contributed by atoms with Gasteiger partial charge in [-0.2, -0.15) is 0 Å². The highest BCUT2D eigenvalue weighted by molar-refractivity contribution is 6.35. The van der Waals surface area contributed by atoms with E-state index in [0.29, 0.717) is 10.7 Å². The number of nitrogens with two attached hydrogens (primary N) is 1. The molecule has 0 saturated carbocycles. The van der Waals surface area contributed by atoms with Crippen LogP contribution in [0.1, 0.15) is 18.2 Å². The summed E-state index contributed by atoms with van der Waals surface area (Å²) in [6.07, 6.45) is 0.902. The smallest absolute Gasteiger partial charge is 0.130 e. The van der Waals surface area contributed by atoms with E-state index in [1.165, 1.54) is 0 Å². The predicted molar refractivity (Wildman–Crippen MR) is 77.5 cm³/mol. The van der Waals surface area contributed by atoms with Crippen LogP contribution in [0.4, 0.5) is 17.2 Å². The lowest BCUT2D eigenvalue weighted by molar-refractivity contribution is 1.04. The van der Waals surface area contributed by atoms with Crippen LogP contribution in [-0.4, -0.2) is 4.98 Å². The van der Waals surface area contributed by atoms with Crippen LogP contribution in [0.15, 0.2) is 30.3 Å². The van der Waals surface area contributed by atoms with Gasteiger partial charge in [0.15, 0.2) is 0 Å². The van der Waals surface area contributed by atoms with Crippen molar-refractivity contribution in [2.75, 3.05) is 11.1 Å². The number of anilines is 3. The first-order valence-corrected chi connectivity index (χ1v) is 6.26. The number of halogens is 1. The number of hydrogen-bond donors (Lipinski definition) is 2. The first-order valence-electron chi connectivity index (χ1n) is 5.88. The molecule has 0 spiro atoms. The van der Waals surface area contributed by atoms with Crippen LogP contribution in [0.25, 0.3) is 0 Å². The van der Waals surface area contributed by atoms with Crippen molar-refractivity contribution in [3.63, 3.8) is 0 Å². The molecule has 0 atom stereocenters. The SMILES string of the molecule is CCc1cccc(Nc2cc(C)cc(N)c2Cl)n1. The summed E-state index contributed by atoms with van der Waals surface area (Å²) in [5.41, 5.74) is 9.30. The molecule has 2 rings (SSSR count). The molecule has 0 amide bonds. The van der Waals surface area contributed by atoms with Gasteiger partial charge in [0.2, 0.25) is 0 Å². The van der Waals surface area contributed by atoms with Crippen molar-refractivity contribution in [2.45, 2.75) is 20.3 Å². The molecule has 0 bridgehead atoms. The molecule has 4 heteroatoms. The van der Waals surface area contributed by atoms with Crippen molar-refractivity contribution in [1.29, 1.82) is 0 Å². The third-order valence-corrected chi connectivity index (χ3v) is 3.10. The summed E-state index contributed by atoms with van der Waals surface area (Å²) in [7, 11) is 0.